The van der Waals surface area contributed by atoms with Gasteiger partial charge in [-0.2, -0.15) is 0 Å². The lowest BCUT2D eigenvalue weighted by Crippen LogP contribution is -2.09. The van der Waals surface area contributed by atoms with Crippen LogP contribution in [0, 0.1) is 0 Å². The average Bonchev–Trinajstić information content (AvgIpc) is 2.16. The minimum Gasteiger partial charge on any atom is -0.478 e. The number of hydrogen-bond acceptors (Lipinski definition) is 4. The lowest BCUT2D eigenvalue weighted by atomic mass is 10.4. The molecule has 0 heterocycles. The third-order valence-electron chi connectivity index (χ3n) is 0.963. The molecule has 0 fully saturated rings. The summed E-state index contributed by atoms with van der Waals surface area (Å²) in [5.74, 6) is -2.51. The quantitative estimate of drug-likeness (QED) is 0.345. The zero-order chi connectivity index (χ0) is 13.0. The molecule has 6 heteroatoms. The third-order valence-corrected chi connectivity index (χ3v) is 0.963. The Morgan fingerprint density at radius 3 is 2.00 bits per heavy atom. The number of ether oxygens (including phenoxy) is 1. The highest BCUT2D eigenvalue weighted by molar-refractivity contribution is 5.89. The molecule has 0 amide bonds. The Kier molecular flexibility index (Phi) is 12.0. The van der Waals surface area contributed by atoms with Crippen LogP contribution in [0.4, 0.5) is 0 Å². The third kappa shape index (κ3) is 22.8. The average molecular weight is 232 g/mol. The fourth-order valence-electron chi connectivity index (χ4n) is 0.465. The van der Waals surface area contributed by atoms with E-state index in [1.165, 1.54) is 0 Å². The van der Waals surface area contributed by atoms with Gasteiger partial charge in [0, 0.05) is 12.2 Å². The van der Waals surface area contributed by atoms with Crippen LogP contribution in [-0.2, 0) is 14.3 Å². The van der Waals surface area contributed by atoms with Gasteiger partial charge in [-0.05, 0) is 6.92 Å². The summed E-state index contributed by atoms with van der Waals surface area (Å²) < 4.78 is 4.88. The second kappa shape index (κ2) is 11.4. The summed E-state index contributed by atoms with van der Waals surface area (Å²) in [4.78, 5) is 19.1. The van der Waals surface area contributed by atoms with Crippen molar-refractivity contribution in [3.63, 3.8) is 0 Å². The summed E-state index contributed by atoms with van der Waals surface area (Å²) in [6.07, 6.45) is 2.41. The van der Waals surface area contributed by atoms with Gasteiger partial charge < -0.3 is 20.1 Å². The molecule has 0 aliphatic rings. The van der Waals surface area contributed by atoms with E-state index in [9.17, 15) is 9.59 Å². The minimum absolute atomic E-state index is 0.366. The number of aliphatic hydroxyl groups excluding tert-OH is 1. The summed E-state index contributed by atoms with van der Waals surface area (Å²) in [5.41, 5.74) is 0. The summed E-state index contributed by atoms with van der Waals surface area (Å²) in [7, 11) is 0. The molecular weight excluding hydrogens is 216 g/mol. The van der Waals surface area contributed by atoms with Crippen molar-refractivity contribution in [2.45, 2.75) is 13.0 Å². The van der Waals surface area contributed by atoms with Crippen molar-refractivity contribution in [2.75, 3.05) is 13.2 Å². The van der Waals surface area contributed by atoms with Gasteiger partial charge in [-0.1, -0.05) is 6.08 Å². The van der Waals surface area contributed by atoms with E-state index in [4.69, 9.17) is 20.1 Å². The molecular formula is C10H16O6. The first-order valence-electron chi connectivity index (χ1n) is 4.40. The molecule has 0 rings (SSSR count). The molecule has 0 aliphatic heterocycles. The number of rotatable bonds is 6. The Balaban J connectivity index is 0. The van der Waals surface area contributed by atoms with Gasteiger partial charge >= 0.3 is 11.9 Å². The standard InChI is InChI=1S/C6H12O2.C4H4O4/c1-3-4-8-5-6(2)7;5-3(6)1-2-4(7)8/h3,6-7H,1,4-5H2,2H3;1-2H,(H,5,6)(H,7,8)/b;2-1-. The van der Waals surface area contributed by atoms with E-state index in [0.717, 1.165) is 0 Å². The predicted molar refractivity (Wildman–Crippen MR) is 57.1 cm³/mol. The van der Waals surface area contributed by atoms with Crippen LogP contribution in [0.25, 0.3) is 0 Å². The highest BCUT2D eigenvalue weighted by atomic mass is 16.5. The van der Waals surface area contributed by atoms with E-state index >= 15 is 0 Å². The fraction of sp³-hybridized carbons (Fsp3) is 0.400. The molecule has 1 atom stereocenters. The van der Waals surface area contributed by atoms with Crippen LogP contribution in [0.15, 0.2) is 24.8 Å². The summed E-state index contributed by atoms with van der Waals surface area (Å²) >= 11 is 0. The zero-order valence-corrected chi connectivity index (χ0v) is 9.00. The summed E-state index contributed by atoms with van der Waals surface area (Å²) in [6.45, 7) is 6.05. The topological polar surface area (TPSA) is 104 Å². The summed E-state index contributed by atoms with van der Waals surface area (Å²) in [5, 5.41) is 24.2. The van der Waals surface area contributed by atoms with Crippen molar-refractivity contribution in [3.05, 3.63) is 24.8 Å². The molecule has 0 saturated heterocycles. The minimum atomic E-state index is -1.26. The maximum absolute atomic E-state index is 9.55. The van der Waals surface area contributed by atoms with E-state index in [0.29, 0.717) is 25.4 Å². The number of hydrogen-bond donors (Lipinski definition) is 3. The van der Waals surface area contributed by atoms with Crippen LogP contribution >= 0.6 is 0 Å². The Bertz CT molecular complexity index is 228. The van der Waals surface area contributed by atoms with Crippen LogP contribution < -0.4 is 0 Å². The van der Waals surface area contributed by atoms with Gasteiger partial charge in [-0.15, -0.1) is 6.58 Å². The molecule has 0 radical (unpaired) electrons. The predicted octanol–water partition coefficient (Wildman–Crippen LogP) is 0.282. The second-order valence-corrected chi connectivity index (χ2v) is 2.68. The number of carboxylic acid groups (broad SMARTS) is 2. The molecule has 92 valence electrons. The molecule has 6 nitrogen and oxygen atoms in total. The Labute approximate surface area is 93.5 Å². The Morgan fingerprint density at radius 1 is 1.31 bits per heavy atom. The first-order chi connectivity index (χ1) is 7.40. The highest BCUT2D eigenvalue weighted by Crippen LogP contribution is 1.81. The maximum atomic E-state index is 9.55. The smallest absolute Gasteiger partial charge is 0.328 e. The molecule has 0 aliphatic carbocycles. The maximum Gasteiger partial charge on any atom is 0.328 e. The van der Waals surface area contributed by atoms with Crippen LogP contribution in [-0.4, -0.2) is 46.6 Å². The van der Waals surface area contributed by atoms with Gasteiger partial charge in [-0.25, -0.2) is 9.59 Å². The number of aliphatic hydroxyl groups is 1. The van der Waals surface area contributed by atoms with Gasteiger partial charge in [-0.3, -0.25) is 0 Å². The monoisotopic (exact) mass is 232 g/mol. The van der Waals surface area contributed by atoms with Crippen molar-refractivity contribution < 1.29 is 29.6 Å². The molecule has 1 unspecified atom stereocenters. The van der Waals surface area contributed by atoms with Crippen LogP contribution in [0.5, 0.6) is 0 Å². The van der Waals surface area contributed by atoms with Crippen molar-refractivity contribution in [3.8, 4) is 0 Å². The lowest BCUT2D eigenvalue weighted by molar-refractivity contribution is -0.134. The van der Waals surface area contributed by atoms with Crippen molar-refractivity contribution in [1.29, 1.82) is 0 Å². The molecule has 0 bridgehead atoms. The van der Waals surface area contributed by atoms with Gasteiger partial charge in [0.25, 0.3) is 0 Å². The molecule has 0 spiro atoms. The molecule has 0 saturated carbocycles. The summed E-state index contributed by atoms with van der Waals surface area (Å²) in [6, 6.07) is 0. The molecule has 16 heavy (non-hydrogen) atoms. The molecule has 3 N–H and O–H groups in total. The zero-order valence-electron chi connectivity index (χ0n) is 9.00. The van der Waals surface area contributed by atoms with Crippen molar-refractivity contribution in [2.24, 2.45) is 0 Å². The highest BCUT2D eigenvalue weighted by Gasteiger charge is 1.90. The largest absolute Gasteiger partial charge is 0.478 e. The van der Waals surface area contributed by atoms with E-state index in [1.54, 1.807) is 13.0 Å². The SMILES string of the molecule is C=CCOCC(C)O.O=C(O)/C=C\C(=O)O. The number of carboxylic acids is 2. The van der Waals surface area contributed by atoms with Crippen LogP contribution in [0.2, 0.25) is 0 Å². The van der Waals surface area contributed by atoms with Gasteiger partial charge in [0.05, 0.1) is 19.3 Å². The molecule has 0 aromatic carbocycles. The number of aliphatic carboxylic acids is 2. The van der Waals surface area contributed by atoms with E-state index < -0.39 is 11.9 Å². The lowest BCUT2D eigenvalue weighted by Gasteiger charge is -2.01. The van der Waals surface area contributed by atoms with E-state index in [-0.39, 0.29) is 6.10 Å². The van der Waals surface area contributed by atoms with Crippen molar-refractivity contribution in [1.82, 2.24) is 0 Å². The Hall–Kier alpha value is -1.66. The van der Waals surface area contributed by atoms with Gasteiger partial charge in [0.2, 0.25) is 0 Å². The van der Waals surface area contributed by atoms with E-state index in [1.807, 2.05) is 0 Å². The number of carbonyl (C=O) groups is 2. The van der Waals surface area contributed by atoms with Gasteiger partial charge in [0.15, 0.2) is 0 Å². The fourth-order valence-corrected chi connectivity index (χ4v) is 0.465. The molecule has 0 aromatic heterocycles. The van der Waals surface area contributed by atoms with Crippen molar-refractivity contribution >= 4 is 11.9 Å². The van der Waals surface area contributed by atoms with Crippen LogP contribution in [0.1, 0.15) is 6.92 Å². The first kappa shape index (κ1) is 16.8. The van der Waals surface area contributed by atoms with Crippen LogP contribution in [0.3, 0.4) is 0 Å². The Morgan fingerprint density at radius 2 is 1.75 bits per heavy atom. The molecule has 0 aromatic rings. The first-order valence-corrected chi connectivity index (χ1v) is 4.40. The normalized spacial score (nSPS) is 11.4. The second-order valence-electron chi connectivity index (χ2n) is 2.68. The van der Waals surface area contributed by atoms with Gasteiger partial charge in [0.1, 0.15) is 0 Å². The van der Waals surface area contributed by atoms with E-state index in [2.05, 4.69) is 6.58 Å².